The monoisotopic (exact) mass is 189 g/mol. The normalized spacial score (nSPS) is 26.8. The van der Waals surface area contributed by atoms with E-state index < -0.39 is 0 Å². The molecule has 2 unspecified atom stereocenters. The van der Waals surface area contributed by atoms with Crippen molar-refractivity contribution in [2.24, 2.45) is 0 Å². The second kappa shape index (κ2) is 3.74. The van der Waals surface area contributed by atoms with Crippen LogP contribution in [-0.4, -0.2) is 12.6 Å². The number of hydrogen-bond donors (Lipinski definition) is 1. The minimum atomic E-state index is 0.634. The SMILES string of the molecule is Cc1cccc(C)c1C1CCNC1C. The lowest BCUT2D eigenvalue weighted by atomic mass is 9.86. The van der Waals surface area contributed by atoms with Gasteiger partial charge in [-0.1, -0.05) is 18.2 Å². The molecule has 0 radical (unpaired) electrons. The fraction of sp³-hybridized carbons (Fsp3) is 0.538. The first-order chi connectivity index (χ1) is 6.70. The second-order valence-corrected chi connectivity index (χ2v) is 4.44. The van der Waals surface area contributed by atoms with E-state index in [-0.39, 0.29) is 0 Å². The Hall–Kier alpha value is -0.820. The summed E-state index contributed by atoms with van der Waals surface area (Å²) < 4.78 is 0. The predicted molar refractivity (Wildman–Crippen MR) is 60.7 cm³/mol. The third-order valence-electron chi connectivity index (χ3n) is 3.44. The molecule has 1 nitrogen and oxygen atoms in total. The molecule has 2 rings (SSSR count). The molecule has 1 aliphatic rings. The van der Waals surface area contributed by atoms with E-state index in [0.717, 1.165) is 5.92 Å². The van der Waals surface area contributed by atoms with Crippen LogP contribution in [0.1, 0.15) is 36.0 Å². The van der Waals surface area contributed by atoms with Gasteiger partial charge < -0.3 is 5.32 Å². The van der Waals surface area contributed by atoms with E-state index in [2.05, 4.69) is 44.3 Å². The van der Waals surface area contributed by atoms with Crippen molar-refractivity contribution in [1.29, 1.82) is 0 Å². The molecule has 1 aromatic carbocycles. The Balaban J connectivity index is 2.39. The summed E-state index contributed by atoms with van der Waals surface area (Å²) in [5, 5.41) is 3.52. The number of benzene rings is 1. The van der Waals surface area contributed by atoms with Gasteiger partial charge in [-0.3, -0.25) is 0 Å². The molecule has 1 heterocycles. The Morgan fingerprint density at radius 1 is 1.21 bits per heavy atom. The topological polar surface area (TPSA) is 12.0 Å². The van der Waals surface area contributed by atoms with E-state index in [9.17, 15) is 0 Å². The van der Waals surface area contributed by atoms with Crippen molar-refractivity contribution < 1.29 is 0 Å². The van der Waals surface area contributed by atoms with Gasteiger partial charge in [-0.05, 0) is 50.4 Å². The van der Waals surface area contributed by atoms with E-state index >= 15 is 0 Å². The smallest absolute Gasteiger partial charge is 0.0108 e. The molecule has 1 saturated heterocycles. The Morgan fingerprint density at radius 2 is 1.86 bits per heavy atom. The molecule has 76 valence electrons. The van der Waals surface area contributed by atoms with E-state index in [1.165, 1.54) is 24.1 Å². The van der Waals surface area contributed by atoms with Gasteiger partial charge in [0.05, 0.1) is 0 Å². The largest absolute Gasteiger partial charge is 0.314 e. The molecule has 0 amide bonds. The summed E-state index contributed by atoms with van der Waals surface area (Å²) in [6.45, 7) is 7.92. The summed E-state index contributed by atoms with van der Waals surface area (Å²) in [5.74, 6) is 0.719. The molecule has 1 N–H and O–H groups in total. The van der Waals surface area contributed by atoms with Crippen LogP contribution in [0.15, 0.2) is 18.2 Å². The van der Waals surface area contributed by atoms with Crippen molar-refractivity contribution in [2.45, 2.75) is 39.2 Å². The van der Waals surface area contributed by atoms with Crippen LogP contribution in [0.4, 0.5) is 0 Å². The van der Waals surface area contributed by atoms with E-state index in [1.807, 2.05) is 0 Å². The van der Waals surface area contributed by atoms with Crippen molar-refractivity contribution in [1.82, 2.24) is 5.32 Å². The molecule has 14 heavy (non-hydrogen) atoms. The maximum Gasteiger partial charge on any atom is 0.0108 e. The van der Waals surface area contributed by atoms with Gasteiger partial charge in [-0.25, -0.2) is 0 Å². The van der Waals surface area contributed by atoms with Gasteiger partial charge in [0.1, 0.15) is 0 Å². The van der Waals surface area contributed by atoms with Crippen LogP contribution in [0, 0.1) is 13.8 Å². The second-order valence-electron chi connectivity index (χ2n) is 4.44. The summed E-state index contributed by atoms with van der Waals surface area (Å²) in [4.78, 5) is 0. The number of hydrogen-bond acceptors (Lipinski definition) is 1. The first-order valence-electron chi connectivity index (χ1n) is 5.49. The van der Waals surface area contributed by atoms with Crippen LogP contribution in [0.3, 0.4) is 0 Å². The average molecular weight is 189 g/mol. The first-order valence-corrected chi connectivity index (χ1v) is 5.49. The highest BCUT2D eigenvalue weighted by Crippen LogP contribution is 2.31. The third-order valence-corrected chi connectivity index (χ3v) is 3.44. The standard InChI is InChI=1S/C13H19N/c1-9-5-4-6-10(2)13(9)12-7-8-14-11(12)3/h4-6,11-12,14H,7-8H2,1-3H3. The van der Waals surface area contributed by atoms with Gasteiger partial charge >= 0.3 is 0 Å². The van der Waals surface area contributed by atoms with Gasteiger partial charge in [-0.15, -0.1) is 0 Å². The zero-order valence-electron chi connectivity index (χ0n) is 9.30. The minimum Gasteiger partial charge on any atom is -0.314 e. The van der Waals surface area contributed by atoms with Gasteiger partial charge in [0.2, 0.25) is 0 Å². The Morgan fingerprint density at radius 3 is 2.36 bits per heavy atom. The van der Waals surface area contributed by atoms with Crippen molar-refractivity contribution in [3.05, 3.63) is 34.9 Å². The summed E-state index contributed by atoms with van der Waals surface area (Å²) in [6.07, 6.45) is 1.28. The molecule has 0 saturated carbocycles. The van der Waals surface area contributed by atoms with Crippen molar-refractivity contribution in [3.63, 3.8) is 0 Å². The molecule has 0 spiro atoms. The fourth-order valence-electron chi connectivity index (χ4n) is 2.67. The zero-order chi connectivity index (χ0) is 10.1. The lowest BCUT2D eigenvalue weighted by Gasteiger charge is -2.20. The molecule has 1 fully saturated rings. The van der Waals surface area contributed by atoms with Crippen LogP contribution in [-0.2, 0) is 0 Å². The Bertz CT molecular complexity index is 310. The summed E-state index contributed by atoms with van der Waals surface area (Å²) in [7, 11) is 0. The van der Waals surface area contributed by atoms with E-state index in [4.69, 9.17) is 0 Å². The fourth-order valence-corrected chi connectivity index (χ4v) is 2.67. The van der Waals surface area contributed by atoms with Crippen molar-refractivity contribution >= 4 is 0 Å². The maximum absolute atomic E-state index is 3.52. The zero-order valence-corrected chi connectivity index (χ0v) is 9.30. The molecular formula is C13H19N. The van der Waals surface area contributed by atoms with Crippen LogP contribution in [0.2, 0.25) is 0 Å². The Kier molecular flexibility index (Phi) is 2.60. The van der Waals surface area contributed by atoms with Crippen LogP contribution in [0.25, 0.3) is 0 Å². The number of aryl methyl sites for hydroxylation is 2. The first kappa shape index (κ1) is 9.72. The minimum absolute atomic E-state index is 0.634. The molecular weight excluding hydrogens is 170 g/mol. The quantitative estimate of drug-likeness (QED) is 0.716. The molecule has 1 heteroatoms. The van der Waals surface area contributed by atoms with Gasteiger partial charge in [0, 0.05) is 12.0 Å². The van der Waals surface area contributed by atoms with Crippen molar-refractivity contribution in [2.75, 3.05) is 6.54 Å². The molecule has 1 aromatic rings. The summed E-state index contributed by atoms with van der Waals surface area (Å²) >= 11 is 0. The number of rotatable bonds is 1. The van der Waals surface area contributed by atoms with Gasteiger partial charge in [-0.2, -0.15) is 0 Å². The maximum atomic E-state index is 3.52. The van der Waals surface area contributed by atoms with Crippen molar-refractivity contribution in [3.8, 4) is 0 Å². The number of nitrogens with one attached hydrogen (secondary N) is 1. The van der Waals surface area contributed by atoms with Crippen LogP contribution >= 0.6 is 0 Å². The average Bonchev–Trinajstić information content (AvgIpc) is 2.52. The summed E-state index contributed by atoms with van der Waals surface area (Å²) in [6, 6.07) is 7.25. The predicted octanol–water partition coefficient (Wildman–Crippen LogP) is 2.77. The highest BCUT2D eigenvalue weighted by Gasteiger charge is 2.26. The molecule has 0 aliphatic carbocycles. The van der Waals surface area contributed by atoms with E-state index in [0.29, 0.717) is 6.04 Å². The molecule has 2 atom stereocenters. The molecule has 0 aromatic heterocycles. The highest BCUT2D eigenvalue weighted by atomic mass is 14.9. The van der Waals surface area contributed by atoms with Crippen LogP contribution in [0.5, 0.6) is 0 Å². The summed E-state index contributed by atoms with van der Waals surface area (Å²) in [5.41, 5.74) is 4.47. The molecule has 0 bridgehead atoms. The lowest BCUT2D eigenvalue weighted by molar-refractivity contribution is 0.590. The highest BCUT2D eigenvalue weighted by molar-refractivity contribution is 5.38. The van der Waals surface area contributed by atoms with Crippen LogP contribution < -0.4 is 5.32 Å². The third kappa shape index (κ3) is 1.57. The Labute approximate surface area is 86.5 Å². The van der Waals surface area contributed by atoms with Gasteiger partial charge in [0.25, 0.3) is 0 Å². The van der Waals surface area contributed by atoms with Gasteiger partial charge in [0.15, 0.2) is 0 Å². The van der Waals surface area contributed by atoms with E-state index in [1.54, 1.807) is 5.56 Å². The lowest BCUT2D eigenvalue weighted by Crippen LogP contribution is -2.22. The molecule has 1 aliphatic heterocycles.